The first kappa shape index (κ1) is 31.0. The number of nitrogens with one attached hydrogen (secondary N) is 1. The number of likely N-dealkylation sites (N-methyl/N-ethyl adjacent to an activating group) is 2. The number of nitrogens with two attached hydrogens (primary N) is 1. The second kappa shape index (κ2) is 10.7. The van der Waals surface area contributed by atoms with Crippen molar-refractivity contribution in [1.82, 2.24) is 9.80 Å². The number of ether oxygens (including phenoxy) is 1. The smallest absolute Gasteiger partial charge is 0.255 e. The van der Waals surface area contributed by atoms with Gasteiger partial charge in [-0.2, -0.15) is 0 Å². The summed E-state index contributed by atoms with van der Waals surface area (Å²) >= 11 is 0. The minimum absolute atomic E-state index is 0.00492. The van der Waals surface area contributed by atoms with Gasteiger partial charge in [0.1, 0.15) is 22.8 Å². The summed E-state index contributed by atoms with van der Waals surface area (Å²) in [7, 11) is 11.2. The fourth-order valence-corrected chi connectivity index (χ4v) is 6.56. The van der Waals surface area contributed by atoms with Crippen LogP contribution in [0.1, 0.15) is 11.1 Å². The van der Waals surface area contributed by atoms with Gasteiger partial charge in [0.2, 0.25) is 11.7 Å². The fourth-order valence-electron chi connectivity index (χ4n) is 6.56. The van der Waals surface area contributed by atoms with Crippen LogP contribution in [-0.2, 0) is 30.3 Å². The molecule has 0 heterocycles. The number of nitrogens with zero attached hydrogens (tertiary/aromatic N) is 3. The third-order valence-electron chi connectivity index (χ3n) is 8.24. The van der Waals surface area contributed by atoms with Crippen molar-refractivity contribution < 1.29 is 44.3 Å². The van der Waals surface area contributed by atoms with Gasteiger partial charge in [0.25, 0.3) is 5.91 Å². The monoisotopic (exact) mass is 587 g/mol. The lowest BCUT2D eigenvalue weighted by Gasteiger charge is -2.53. The molecule has 3 aliphatic carbocycles. The minimum atomic E-state index is -2.87. The van der Waals surface area contributed by atoms with Gasteiger partial charge in [-0.25, -0.2) is 0 Å². The van der Waals surface area contributed by atoms with Crippen molar-refractivity contribution in [3.05, 3.63) is 34.1 Å². The lowest BCUT2D eigenvalue weighted by molar-refractivity contribution is -0.171. The highest BCUT2D eigenvalue weighted by Gasteiger charge is 2.68. The number of phenols is 1. The van der Waals surface area contributed by atoms with Gasteiger partial charge in [0, 0.05) is 38.4 Å². The molecule has 2 amide bonds. The van der Waals surface area contributed by atoms with E-state index >= 15 is 0 Å². The molecule has 1 aromatic carbocycles. The summed E-state index contributed by atoms with van der Waals surface area (Å²) in [5.74, 6) is -8.59. The zero-order chi connectivity index (χ0) is 31.6. The van der Waals surface area contributed by atoms with E-state index in [9.17, 15) is 39.6 Å². The van der Waals surface area contributed by atoms with Crippen LogP contribution in [0, 0.1) is 11.8 Å². The van der Waals surface area contributed by atoms with Gasteiger partial charge in [-0.05, 0) is 46.2 Å². The molecule has 1 saturated carbocycles. The van der Waals surface area contributed by atoms with Crippen molar-refractivity contribution in [3.63, 3.8) is 0 Å². The molecule has 0 aliphatic heterocycles. The van der Waals surface area contributed by atoms with Crippen molar-refractivity contribution in [1.29, 1.82) is 0 Å². The standard InChI is InChI=1S/C28H37N5O9/c1-31(2)10-15(34)30-13-9-14(32(3)4)11-8-12-17(22(36)16(11)21(13)35)25(38)28(41)19(24(12)42-7)20(33(5)6)23(37)18(26(28)39)27(29)40/h9,12,19-20,24,35-36,39,41H,8,10H2,1-7H3,(H2,29,40)(H,30,34)/t12-,19-,20+,24+,28+/m1/s1. The molecule has 0 aromatic heterocycles. The van der Waals surface area contributed by atoms with Crippen molar-refractivity contribution in [2.75, 3.05) is 66.2 Å². The summed E-state index contributed by atoms with van der Waals surface area (Å²) in [6.07, 6.45) is -1.12. The van der Waals surface area contributed by atoms with Crippen molar-refractivity contribution in [2.24, 2.45) is 17.6 Å². The van der Waals surface area contributed by atoms with E-state index in [2.05, 4.69) is 5.32 Å². The quantitative estimate of drug-likeness (QED) is 0.171. The molecule has 1 aromatic rings. The van der Waals surface area contributed by atoms with E-state index in [1.165, 1.54) is 26.1 Å². The predicted octanol–water partition coefficient (Wildman–Crippen LogP) is -0.845. The Morgan fingerprint density at radius 1 is 1.12 bits per heavy atom. The minimum Gasteiger partial charge on any atom is -0.508 e. The van der Waals surface area contributed by atoms with Crippen LogP contribution in [0.25, 0.3) is 5.76 Å². The average Bonchev–Trinajstić information content (AvgIpc) is 2.86. The maximum absolute atomic E-state index is 14.2. The number of methoxy groups -OCH3 is 1. The number of anilines is 2. The van der Waals surface area contributed by atoms with Gasteiger partial charge < -0.3 is 46.0 Å². The number of aliphatic hydroxyl groups excluding tert-OH is 2. The first-order valence-corrected chi connectivity index (χ1v) is 13.2. The number of carbonyl (C=O) groups excluding carboxylic acids is 4. The number of phenolic OH excluding ortho intramolecular Hbond substituents is 1. The number of primary amides is 1. The van der Waals surface area contributed by atoms with Gasteiger partial charge in [0.05, 0.1) is 35.9 Å². The van der Waals surface area contributed by atoms with Gasteiger partial charge in [-0.3, -0.25) is 24.1 Å². The Labute approximate surface area is 242 Å². The van der Waals surface area contributed by atoms with Crippen LogP contribution in [0.5, 0.6) is 5.75 Å². The maximum Gasteiger partial charge on any atom is 0.255 e. The second-order valence-corrected chi connectivity index (χ2v) is 11.6. The van der Waals surface area contributed by atoms with Gasteiger partial charge in [0.15, 0.2) is 11.4 Å². The number of benzene rings is 1. The Balaban J connectivity index is 2.02. The van der Waals surface area contributed by atoms with E-state index in [-0.39, 0.29) is 29.8 Å². The lowest BCUT2D eigenvalue weighted by Crippen LogP contribution is -2.70. The normalized spacial score (nSPS) is 27.2. The Bertz CT molecular complexity index is 1450. The van der Waals surface area contributed by atoms with Crippen LogP contribution in [0.3, 0.4) is 0 Å². The molecule has 0 unspecified atom stereocenters. The molecule has 14 nitrogen and oxygen atoms in total. The first-order valence-electron chi connectivity index (χ1n) is 13.2. The Morgan fingerprint density at radius 2 is 1.74 bits per heavy atom. The molecule has 0 radical (unpaired) electrons. The first-order chi connectivity index (χ1) is 19.5. The topological polar surface area (TPSA) is 206 Å². The zero-order valence-corrected chi connectivity index (χ0v) is 24.6. The third-order valence-corrected chi connectivity index (χ3v) is 8.24. The van der Waals surface area contributed by atoms with Gasteiger partial charge in [-0.1, -0.05) is 0 Å². The van der Waals surface area contributed by atoms with E-state index in [1.807, 2.05) is 0 Å². The number of aliphatic hydroxyl groups is 3. The number of rotatable bonds is 7. The molecule has 0 bridgehead atoms. The summed E-state index contributed by atoms with van der Waals surface area (Å²) in [4.78, 5) is 57.1. The number of hydrogen-bond acceptors (Lipinski definition) is 12. The molecule has 14 heteroatoms. The molecule has 0 saturated heterocycles. The number of fused-ring (bicyclic) bond motifs is 3. The molecular weight excluding hydrogens is 550 g/mol. The zero-order valence-electron chi connectivity index (χ0n) is 24.6. The number of aromatic hydroxyl groups is 1. The maximum atomic E-state index is 14.2. The van der Waals surface area contributed by atoms with Crippen LogP contribution in [0.15, 0.2) is 23.0 Å². The highest BCUT2D eigenvalue weighted by atomic mass is 16.5. The summed E-state index contributed by atoms with van der Waals surface area (Å²) < 4.78 is 5.80. The molecule has 42 heavy (non-hydrogen) atoms. The Morgan fingerprint density at radius 3 is 2.24 bits per heavy atom. The SMILES string of the molecule is CO[C@@H]1[C@H]2[C@H](N(C)C)C(=O)C(C(N)=O)=C(O)[C@@]2(O)C(=O)C2=C(O)c3c(O)c(NC(=O)CN(C)C)cc(N(C)C)c3C[C@H]21. The van der Waals surface area contributed by atoms with E-state index in [0.717, 1.165) is 0 Å². The van der Waals surface area contributed by atoms with Gasteiger partial charge >= 0.3 is 0 Å². The van der Waals surface area contributed by atoms with Gasteiger partial charge in [-0.15, -0.1) is 0 Å². The molecule has 1 fully saturated rings. The molecule has 0 spiro atoms. The van der Waals surface area contributed by atoms with E-state index in [0.29, 0.717) is 11.3 Å². The van der Waals surface area contributed by atoms with Crippen LogP contribution in [0.4, 0.5) is 11.4 Å². The van der Waals surface area contributed by atoms with Crippen molar-refractivity contribution >= 4 is 40.5 Å². The summed E-state index contributed by atoms with van der Waals surface area (Å²) in [5.41, 5.74) is 2.00. The molecule has 4 rings (SSSR count). The summed E-state index contributed by atoms with van der Waals surface area (Å²) in [6, 6.07) is 0.242. The summed E-state index contributed by atoms with van der Waals surface area (Å²) in [5, 5.41) is 48.6. The van der Waals surface area contributed by atoms with E-state index in [4.69, 9.17) is 10.5 Å². The highest BCUT2D eigenvalue weighted by Crippen LogP contribution is 2.55. The van der Waals surface area contributed by atoms with Crippen molar-refractivity contribution in [2.45, 2.75) is 24.2 Å². The van der Waals surface area contributed by atoms with E-state index in [1.54, 1.807) is 44.1 Å². The predicted molar refractivity (Wildman–Crippen MR) is 152 cm³/mol. The Hall–Kier alpha value is -3.98. The summed E-state index contributed by atoms with van der Waals surface area (Å²) in [6.45, 7) is 0.00492. The van der Waals surface area contributed by atoms with Crippen LogP contribution in [-0.4, -0.2) is 127 Å². The van der Waals surface area contributed by atoms with Crippen LogP contribution >= 0.6 is 0 Å². The largest absolute Gasteiger partial charge is 0.508 e. The lowest BCUT2D eigenvalue weighted by atomic mass is 9.56. The number of amides is 2. The van der Waals surface area contributed by atoms with Crippen LogP contribution < -0.4 is 16.0 Å². The Kier molecular flexibility index (Phi) is 7.88. The fraction of sp³-hybridized carbons (Fsp3) is 0.500. The second-order valence-electron chi connectivity index (χ2n) is 11.6. The third kappa shape index (κ3) is 4.42. The highest BCUT2D eigenvalue weighted by molar-refractivity contribution is 6.24. The average molecular weight is 588 g/mol. The molecule has 7 N–H and O–H groups in total. The van der Waals surface area contributed by atoms with Crippen molar-refractivity contribution in [3.8, 4) is 5.75 Å². The molecular formula is C28H37N5O9. The number of Topliss-reactive ketones (excluding diaryl/α,β-unsaturated/α-hetero) is 2. The number of hydrogen-bond donors (Lipinski definition) is 6. The molecule has 5 atom stereocenters. The van der Waals surface area contributed by atoms with E-state index < -0.39 is 75.8 Å². The number of carbonyl (C=O) groups is 4. The molecule has 3 aliphatic rings. The van der Waals surface area contributed by atoms with Crippen LogP contribution in [0.2, 0.25) is 0 Å². The molecule has 228 valence electrons. The number of ketones is 2.